The Hall–Kier alpha value is -2.42. The van der Waals surface area contributed by atoms with Crippen LogP contribution in [0.4, 0.5) is 4.39 Å². The van der Waals surface area contributed by atoms with Crippen molar-refractivity contribution in [3.63, 3.8) is 0 Å². The number of para-hydroxylation sites is 1. The molecule has 7 heteroatoms. The average Bonchev–Trinajstić information content (AvgIpc) is 2.47. The largest absolute Gasteiger partial charge is 1.00 e. The van der Waals surface area contributed by atoms with E-state index in [2.05, 4.69) is 4.98 Å². The van der Waals surface area contributed by atoms with Crippen molar-refractivity contribution in [3.8, 4) is 5.69 Å². The molecule has 1 heterocycles. The molecule has 0 bridgehead atoms. The third kappa shape index (κ3) is 2.54. The number of aromatic nitrogens is 2. The number of benzene rings is 2. The quantitative estimate of drug-likeness (QED) is 0.506. The van der Waals surface area contributed by atoms with Gasteiger partial charge in [-0.25, -0.2) is 9.37 Å². The molecule has 1 aromatic heterocycles. The summed E-state index contributed by atoms with van der Waals surface area (Å²) in [6.07, 6.45) is 0. The molecule has 104 valence electrons. The molecule has 0 aliphatic carbocycles. The molecule has 0 unspecified atom stereocenters. The van der Waals surface area contributed by atoms with E-state index in [-0.39, 0.29) is 35.5 Å². The number of halogens is 1. The molecule has 3 rings (SSSR count). The van der Waals surface area contributed by atoms with Crippen molar-refractivity contribution >= 4 is 16.9 Å². The first-order valence-electron chi connectivity index (χ1n) is 6.07. The summed E-state index contributed by atoms with van der Waals surface area (Å²) in [5, 5.41) is 11.0. The number of carbonyl (C=O) groups excluding carboxylic acids is 1. The van der Waals surface area contributed by atoms with Gasteiger partial charge >= 0.3 is 18.9 Å². The summed E-state index contributed by atoms with van der Waals surface area (Å²) >= 11 is 0. The first kappa shape index (κ1) is 16.0. The van der Waals surface area contributed by atoms with Gasteiger partial charge < -0.3 is 9.90 Å². The van der Waals surface area contributed by atoms with Gasteiger partial charge in [0.15, 0.2) is 5.82 Å². The smallest absolute Gasteiger partial charge is 0.542 e. The van der Waals surface area contributed by atoms with Crippen molar-refractivity contribution in [2.45, 2.75) is 0 Å². The van der Waals surface area contributed by atoms with E-state index in [1.165, 1.54) is 24.3 Å². The maximum Gasteiger partial charge on any atom is 1.00 e. The van der Waals surface area contributed by atoms with E-state index in [9.17, 15) is 19.1 Å². The third-order valence-electron chi connectivity index (χ3n) is 3.04. The minimum absolute atomic E-state index is 0. The maximum absolute atomic E-state index is 13.9. The number of carbonyl (C=O) groups is 1. The van der Waals surface area contributed by atoms with Crippen molar-refractivity contribution in [3.05, 3.63) is 70.5 Å². The second kappa shape index (κ2) is 6.14. The maximum atomic E-state index is 13.9. The molecule has 0 amide bonds. The van der Waals surface area contributed by atoms with Crippen molar-refractivity contribution < 1.29 is 33.2 Å². The Bertz CT molecular complexity index is 910. The van der Waals surface area contributed by atoms with Crippen LogP contribution in [0, 0.1) is 5.82 Å². The van der Waals surface area contributed by atoms with Crippen LogP contribution in [-0.2, 0) is 0 Å². The minimum Gasteiger partial charge on any atom is -0.542 e. The molecule has 0 spiro atoms. The van der Waals surface area contributed by atoms with Crippen LogP contribution in [-0.4, -0.2) is 15.5 Å². The molecule has 5 nitrogen and oxygen atoms in total. The molecule has 0 atom stereocenters. The van der Waals surface area contributed by atoms with E-state index in [0.717, 1.165) is 10.6 Å². The zero-order valence-electron chi connectivity index (χ0n) is 11.6. The van der Waals surface area contributed by atoms with Gasteiger partial charge in [-0.15, -0.1) is 0 Å². The number of fused-ring (bicyclic) bond motifs is 1. The van der Waals surface area contributed by atoms with Crippen LogP contribution in [0.25, 0.3) is 16.6 Å². The first-order chi connectivity index (χ1) is 10.1. The van der Waals surface area contributed by atoms with Gasteiger partial charge in [0.05, 0.1) is 11.2 Å². The van der Waals surface area contributed by atoms with E-state index < -0.39 is 23.2 Å². The van der Waals surface area contributed by atoms with Crippen LogP contribution < -0.4 is 29.5 Å². The van der Waals surface area contributed by atoms with Crippen molar-refractivity contribution in [1.82, 2.24) is 9.55 Å². The molecule has 0 radical (unpaired) electrons. The van der Waals surface area contributed by atoms with E-state index in [1.807, 2.05) is 0 Å². The van der Waals surface area contributed by atoms with Gasteiger partial charge in [0.25, 0.3) is 5.56 Å². The molecule has 0 aliphatic heterocycles. The van der Waals surface area contributed by atoms with Crippen LogP contribution in [0.5, 0.6) is 0 Å². The summed E-state index contributed by atoms with van der Waals surface area (Å²) in [5.41, 5.74) is -0.533. The zero-order chi connectivity index (χ0) is 15.0. The number of nitrogens with zero attached hydrogens (tertiary/aromatic N) is 2. The fraction of sp³-hybridized carbons (Fsp3) is 0. The topological polar surface area (TPSA) is 75.0 Å². The summed E-state index contributed by atoms with van der Waals surface area (Å²) in [7, 11) is 0. The SMILES string of the molecule is O=C([O-])c1nc2cccc(F)c2c(=O)n1-c1ccccc1.[Li+]. The monoisotopic (exact) mass is 290 g/mol. The molecule has 0 N–H and O–H groups in total. The minimum atomic E-state index is -1.61. The number of hydrogen-bond donors (Lipinski definition) is 0. The van der Waals surface area contributed by atoms with Crippen molar-refractivity contribution in [2.24, 2.45) is 0 Å². The molecule has 0 saturated carbocycles. The summed E-state index contributed by atoms with van der Waals surface area (Å²) < 4.78 is 14.7. The molecule has 3 aromatic rings. The number of aromatic carboxylic acids is 1. The Morgan fingerprint density at radius 3 is 2.41 bits per heavy atom. The van der Waals surface area contributed by atoms with Crippen LogP contribution in [0.3, 0.4) is 0 Å². The Kier molecular flexibility index (Phi) is 4.45. The number of rotatable bonds is 2. The number of carboxylic acids is 1. The van der Waals surface area contributed by atoms with E-state index in [1.54, 1.807) is 18.2 Å². The van der Waals surface area contributed by atoms with Crippen LogP contribution in [0.1, 0.15) is 10.6 Å². The van der Waals surface area contributed by atoms with Gasteiger partial charge in [0.1, 0.15) is 17.2 Å². The zero-order valence-corrected chi connectivity index (χ0v) is 11.6. The summed E-state index contributed by atoms with van der Waals surface area (Å²) in [6, 6.07) is 11.9. The van der Waals surface area contributed by atoms with Gasteiger partial charge in [-0.2, -0.15) is 0 Å². The second-order valence-electron chi connectivity index (χ2n) is 4.33. The Labute approximate surface area is 136 Å². The van der Waals surface area contributed by atoms with Gasteiger partial charge in [-0.05, 0) is 24.3 Å². The van der Waals surface area contributed by atoms with Gasteiger partial charge in [0, 0.05) is 0 Å². The predicted octanol–water partition coefficient (Wildman–Crippen LogP) is -2.11. The van der Waals surface area contributed by atoms with Crippen LogP contribution in [0.2, 0.25) is 0 Å². The molecule has 2 aromatic carbocycles. The van der Waals surface area contributed by atoms with Crippen LogP contribution >= 0.6 is 0 Å². The summed E-state index contributed by atoms with van der Waals surface area (Å²) in [4.78, 5) is 27.5. The van der Waals surface area contributed by atoms with E-state index in [4.69, 9.17) is 0 Å². The fourth-order valence-corrected chi connectivity index (χ4v) is 2.14. The summed E-state index contributed by atoms with van der Waals surface area (Å²) in [6.45, 7) is 0. The van der Waals surface area contributed by atoms with Crippen molar-refractivity contribution in [1.29, 1.82) is 0 Å². The average molecular weight is 290 g/mol. The number of carboxylic acid groups (broad SMARTS) is 1. The van der Waals surface area contributed by atoms with E-state index in [0.29, 0.717) is 0 Å². The Morgan fingerprint density at radius 2 is 1.77 bits per heavy atom. The number of hydrogen-bond acceptors (Lipinski definition) is 4. The van der Waals surface area contributed by atoms with Crippen LogP contribution in [0.15, 0.2) is 53.3 Å². The van der Waals surface area contributed by atoms with E-state index >= 15 is 0 Å². The van der Waals surface area contributed by atoms with Gasteiger partial charge in [0.2, 0.25) is 0 Å². The third-order valence-corrected chi connectivity index (χ3v) is 3.04. The Balaban J connectivity index is 0.00000176. The van der Waals surface area contributed by atoms with Crippen molar-refractivity contribution in [2.75, 3.05) is 0 Å². The molecule has 0 fully saturated rings. The molecule has 0 aliphatic rings. The fourth-order valence-electron chi connectivity index (χ4n) is 2.14. The second-order valence-corrected chi connectivity index (χ2v) is 4.33. The van der Waals surface area contributed by atoms with Gasteiger partial charge in [-0.3, -0.25) is 9.36 Å². The molecule has 0 saturated heterocycles. The van der Waals surface area contributed by atoms with Gasteiger partial charge in [-0.1, -0.05) is 24.3 Å². The normalized spacial score (nSPS) is 10.2. The Morgan fingerprint density at radius 1 is 1.09 bits per heavy atom. The molecule has 22 heavy (non-hydrogen) atoms. The first-order valence-corrected chi connectivity index (χ1v) is 6.07. The summed E-state index contributed by atoms with van der Waals surface area (Å²) in [5.74, 6) is -2.93. The molecular weight excluding hydrogens is 282 g/mol. The predicted molar refractivity (Wildman–Crippen MR) is 71.6 cm³/mol. The standard InChI is InChI=1S/C15H9FN2O3.Li/c16-10-7-4-8-11-12(10)14(19)18(13(17-11)15(20)21)9-5-2-1-3-6-9;/h1-8H,(H,20,21);/q;+1/p-1. The molecular formula is C15H8FLiN2O3.